The van der Waals surface area contributed by atoms with Crippen molar-refractivity contribution >= 4 is 17.6 Å². The number of amides is 2. The van der Waals surface area contributed by atoms with Gasteiger partial charge in [0.15, 0.2) is 11.8 Å². The van der Waals surface area contributed by atoms with Crippen molar-refractivity contribution in [2.45, 2.75) is 12.6 Å². The molecule has 0 aliphatic rings. The molecule has 178 valence electrons. The van der Waals surface area contributed by atoms with Crippen molar-refractivity contribution in [1.29, 1.82) is 0 Å². The minimum Gasteiger partial charge on any atom is -0.491 e. The van der Waals surface area contributed by atoms with Gasteiger partial charge in [-0.1, -0.05) is 24.3 Å². The first kappa shape index (κ1) is 24.6. The molecule has 34 heavy (non-hydrogen) atoms. The summed E-state index contributed by atoms with van der Waals surface area (Å²) in [6.07, 6.45) is 3.28. The predicted molar refractivity (Wildman–Crippen MR) is 123 cm³/mol. The minimum atomic E-state index is -1.53. The molecule has 2 aromatic carbocycles. The van der Waals surface area contributed by atoms with Crippen LogP contribution in [0.15, 0.2) is 60.9 Å². The van der Waals surface area contributed by atoms with Crippen molar-refractivity contribution in [1.82, 2.24) is 20.4 Å². The Labute approximate surface area is 196 Å². The zero-order valence-corrected chi connectivity index (χ0v) is 18.6. The molecule has 3 aromatic rings. The van der Waals surface area contributed by atoms with Gasteiger partial charge in [0.05, 0.1) is 12.8 Å². The second-order valence-corrected chi connectivity index (χ2v) is 7.44. The average molecular weight is 466 g/mol. The number of ketones is 1. The fraction of sp³-hybridized carbons (Fsp3) is 0.250. The largest absolute Gasteiger partial charge is 0.491 e. The number of rotatable bonds is 11. The highest BCUT2D eigenvalue weighted by Crippen LogP contribution is 2.23. The summed E-state index contributed by atoms with van der Waals surface area (Å²) in [7, 11) is 1.73. The third-order valence-corrected chi connectivity index (χ3v) is 4.94. The van der Waals surface area contributed by atoms with Crippen LogP contribution in [-0.2, 0) is 23.2 Å². The van der Waals surface area contributed by atoms with E-state index in [4.69, 9.17) is 9.84 Å². The SMILES string of the molecule is Cn1cc(CNC(=O)C(NC(=O)c2ccc(-c3ccc(OCCO)cc3)cc2)C(=O)CO)cn1. The van der Waals surface area contributed by atoms with Gasteiger partial charge < -0.3 is 25.6 Å². The number of hydrogen-bond donors (Lipinski definition) is 4. The second kappa shape index (κ2) is 11.7. The van der Waals surface area contributed by atoms with E-state index in [0.717, 1.165) is 16.7 Å². The van der Waals surface area contributed by atoms with Gasteiger partial charge in [0.2, 0.25) is 0 Å². The number of aliphatic hydroxyl groups is 2. The molecule has 4 N–H and O–H groups in total. The molecule has 0 spiro atoms. The van der Waals surface area contributed by atoms with E-state index in [1.165, 1.54) is 0 Å². The summed E-state index contributed by atoms with van der Waals surface area (Å²) in [5.41, 5.74) is 2.72. The van der Waals surface area contributed by atoms with Gasteiger partial charge in [-0.3, -0.25) is 19.1 Å². The smallest absolute Gasteiger partial charge is 0.252 e. The van der Waals surface area contributed by atoms with Crippen LogP contribution >= 0.6 is 0 Å². The molecule has 0 saturated carbocycles. The molecule has 10 nitrogen and oxygen atoms in total. The Morgan fingerprint density at radius 1 is 1.03 bits per heavy atom. The third kappa shape index (κ3) is 6.50. The average Bonchev–Trinajstić information content (AvgIpc) is 3.29. The summed E-state index contributed by atoms with van der Waals surface area (Å²) in [6.45, 7) is -0.620. The second-order valence-electron chi connectivity index (χ2n) is 7.44. The van der Waals surface area contributed by atoms with Gasteiger partial charge in [0, 0.05) is 30.9 Å². The van der Waals surface area contributed by atoms with E-state index in [2.05, 4.69) is 15.7 Å². The molecular formula is C24H26N4O6. The van der Waals surface area contributed by atoms with E-state index >= 15 is 0 Å². The standard InChI is InChI=1S/C24H26N4O6/c1-28-14-16(13-26-28)12-25-24(33)22(21(31)15-30)27-23(32)19-4-2-17(3-5-19)18-6-8-20(9-7-18)34-11-10-29/h2-9,13-14,22,29-30H,10-12,15H2,1H3,(H,25,33)(H,27,32). The van der Waals surface area contributed by atoms with Crippen LogP contribution in [-0.4, -0.2) is 63.5 Å². The van der Waals surface area contributed by atoms with Crippen LogP contribution < -0.4 is 15.4 Å². The normalized spacial score (nSPS) is 11.5. The zero-order valence-electron chi connectivity index (χ0n) is 18.6. The number of hydrogen-bond acceptors (Lipinski definition) is 7. The van der Waals surface area contributed by atoms with Crippen LogP contribution in [0.1, 0.15) is 15.9 Å². The Bertz CT molecular complexity index is 1130. The summed E-state index contributed by atoms with van der Waals surface area (Å²) >= 11 is 0. The number of nitrogens with zero attached hydrogens (tertiary/aromatic N) is 2. The highest BCUT2D eigenvalue weighted by Gasteiger charge is 2.28. The van der Waals surface area contributed by atoms with Crippen molar-refractivity contribution in [3.05, 3.63) is 72.1 Å². The molecular weight excluding hydrogens is 440 g/mol. The number of carbonyl (C=O) groups is 3. The molecule has 1 atom stereocenters. The zero-order chi connectivity index (χ0) is 24.5. The highest BCUT2D eigenvalue weighted by molar-refractivity contribution is 6.10. The summed E-state index contributed by atoms with van der Waals surface area (Å²) in [5.74, 6) is -1.54. The molecule has 0 bridgehead atoms. The number of nitrogens with one attached hydrogen (secondary N) is 2. The number of ether oxygens (including phenoxy) is 1. The van der Waals surface area contributed by atoms with Crippen molar-refractivity contribution in [3.63, 3.8) is 0 Å². The number of aromatic nitrogens is 2. The fourth-order valence-corrected chi connectivity index (χ4v) is 3.17. The molecule has 0 fully saturated rings. The Balaban J connectivity index is 1.64. The topological polar surface area (TPSA) is 143 Å². The first-order chi connectivity index (χ1) is 16.4. The number of Topliss-reactive ketones (excluding diaryl/α,β-unsaturated/α-hetero) is 1. The summed E-state index contributed by atoms with van der Waals surface area (Å²) in [4.78, 5) is 37.3. The maximum atomic E-state index is 12.7. The summed E-state index contributed by atoms with van der Waals surface area (Å²) in [6, 6.07) is 12.4. The van der Waals surface area contributed by atoms with Gasteiger partial charge in [-0.25, -0.2) is 0 Å². The van der Waals surface area contributed by atoms with Crippen molar-refractivity contribution in [2.75, 3.05) is 19.8 Å². The molecule has 0 saturated heterocycles. The predicted octanol–water partition coefficient (Wildman–Crippen LogP) is 0.434. The van der Waals surface area contributed by atoms with Crippen LogP contribution in [0.2, 0.25) is 0 Å². The van der Waals surface area contributed by atoms with E-state index in [0.29, 0.717) is 5.75 Å². The lowest BCUT2D eigenvalue weighted by molar-refractivity contribution is -0.132. The summed E-state index contributed by atoms with van der Waals surface area (Å²) < 4.78 is 6.91. The Morgan fingerprint density at radius 2 is 1.68 bits per heavy atom. The van der Waals surface area contributed by atoms with Crippen LogP contribution in [0, 0.1) is 0 Å². The number of aliphatic hydroxyl groups excluding tert-OH is 2. The summed E-state index contributed by atoms with van der Waals surface area (Å²) in [5, 5.41) is 27.0. The van der Waals surface area contributed by atoms with Gasteiger partial charge in [0.25, 0.3) is 11.8 Å². The minimum absolute atomic E-state index is 0.0673. The van der Waals surface area contributed by atoms with Gasteiger partial charge in [-0.15, -0.1) is 0 Å². The van der Waals surface area contributed by atoms with Gasteiger partial charge >= 0.3 is 0 Å². The molecule has 3 rings (SSSR count). The van der Waals surface area contributed by atoms with E-state index in [1.807, 2.05) is 12.1 Å². The fourth-order valence-electron chi connectivity index (χ4n) is 3.17. The molecule has 1 heterocycles. The molecule has 0 aliphatic carbocycles. The van der Waals surface area contributed by atoms with E-state index in [1.54, 1.807) is 60.5 Å². The van der Waals surface area contributed by atoms with Crippen molar-refractivity contribution in [2.24, 2.45) is 7.05 Å². The maximum absolute atomic E-state index is 12.7. The Kier molecular flexibility index (Phi) is 8.49. The molecule has 1 unspecified atom stereocenters. The molecule has 2 amide bonds. The van der Waals surface area contributed by atoms with Gasteiger partial charge in [-0.05, 0) is 35.4 Å². The van der Waals surface area contributed by atoms with E-state index in [-0.39, 0.29) is 25.3 Å². The number of benzene rings is 2. The van der Waals surface area contributed by atoms with Crippen molar-refractivity contribution < 1.29 is 29.3 Å². The van der Waals surface area contributed by atoms with Crippen LogP contribution in [0.25, 0.3) is 11.1 Å². The third-order valence-electron chi connectivity index (χ3n) is 4.94. The quantitative estimate of drug-likeness (QED) is 0.300. The van der Waals surface area contributed by atoms with Crippen LogP contribution in [0.4, 0.5) is 0 Å². The van der Waals surface area contributed by atoms with Crippen LogP contribution in [0.5, 0.6) is 5.75 Å². The molecule has 10 heteroatoms. The lowest BCUT2D eigenvalue weighted by atomic mass is 10.0. The first-order valence-electron chi connectivity index (χ1n) is 10.5. The highest BCUT2D eigenvalue weighted by atomic mass is 16.5. The molecule has 0 aliphatic heterocycles. The number of aryl methyl sites for hydroxylation is 1. The maximum Gasteiger partial charge on any atom is 0.252 e. The lowest BCUT2D eigenvalue weighted by Gasteiger charge is -2.16. The Morgan fingerprint density at radius 3 is 2.24 bits per heavy atom. The van der Waals surface area contributed by atoms with E-state index < -0.39 is 30.2 Å². The first-order valence-corrected chi connectivity index (χ1v) is 10.5. The molecule has 0 radical (unpaired) electrons. The van der Waals surface area contributed by atoms with Gasteiger partial charge in [0.1, 0.15) is 19.0 Å². The lowest BCUT2D eigenvalue weighted by Crippen LogP contribution is -2.52. The van der Waals surface area contributed by atoms with Crippen molar-refractivity contribution in [3.8, 4) is 16.9 Å². The van der Waals surface area contributed by atoms with E-state index in [9.17, 15) is 19.5 Å². The number of carbonyl (C=O) groups excluding carboxylic acids is 3. The Hall–Kier alpha value is -4.02. The molecule has 1 aromatic heterocycles. The monoisotopic (exact) mass is 466 g/mol. The van der Waals surface area contributed by atoms with Crippen LogP contribution in [0.3, 0.4) is 0 Å². The van der Waals surface area contributed by atoms with Gasteiger partial charge in [-0.2, -0.15) is 5.10 Å².